The highest BCUT2D eigenvalue weighted by atomic mass is 16.5. The van der Waals surface area contributed by atoms with Crippen molar-refractivity contribution in [2.75, 3.05) is 19.5 Å². The van der Waals surface area contributed by atoms with Gasteiger partial charge in [0.2, 0.25) is 0 Å². The third kappa shape index (κ3) is 4.24. The number of hydrogen-bond donors (Lipinski definition) is 1. The van der Waals surface area contributed by atoms with Crippen LogP contribution >= 0.6 is 0 Å². The first-order valence-electron chi connectivity index (χ1n) is 6.85. The lowest BCUT2D eigenvalue weighted by Crippen LogP contribution is -2.09. The Morgan fingerprint density at radius 3 is 2.62 bits per heavy atom. The first kappa shape index (κ1) is 14.9. The molecule has 0 fully saturated rings. The summed E-state index contributed by atoms with van der Waals surface area (Å²) in [4.78, 5) is 12.0. The SMILES string of the molecule is COc1cc(N)ccc1C(=O)OCCCc1ccccc1. The van der Waals surface area contributed by atoms with Crippen LogP contribution in [0.15, 0.2) is 48.5 Å². The van der Waals surface area contributed by atoms with E-state index in [1.807, 2.05) is 18.2 Å². The van der Waals surface area contributed by atoms with Crippen molar-refractivity contribution in [2.24, 2.45) is 0 Å². The Labute approximate surface area is 124 Å². The first-order valence-corrected chi connectivity index (χ1v) is 6.85. The molecule has 0 heterocycles. The van der Waals surface area contributed by atoms with E-state index in [4.69, 9.17) is 15.2 Å². The first-order chi connectivity index (χ1) is 10.2. The Kier molecular flexibility index (Phi) is 5.21. The maximum atomic E-state index is 12.0. The van der Waals surface area contributed by atoms with Gasteiger partial charge in [-0.2, -0.15) is 0 Å². The number of hydrogen-bond acceptors (Lipinski definition) is 4. The molecule has 0 bridgehead atoms. The van der Waals surface area contributed by atoms with Crippen LogP contribution < -0.4 is 10.5 Å². The number of nitrogens with two attached hydrogens (primary N) is 1. The summed E-state index contributed by atoms with van der Waals surface area (Å²) in [7, 11) is 1.50. The van der Waals surface area contributed by atoms with Crippen molar-refractivity contribution in [3.8, 4) is 5.75 Å². The summed E-state index contributed by atoms with van der Waals surface area (Å²) in [5.74, 6) is 0.0444. The fourth-order valence-corrected chi connectivity index (χ4v) is 2.04. The fourth-order valence-electron chi connectivity index (χ4n) is 2.04. The molecule has 110 valence electrons. The lowest BCUT2D eigenvalue weighted by Gasteiger charge is -2.09. The number of methoxy groups -OCH3 is 1. The van der Waals surface area contributed by atoms with Crippen LogP contribution in [0, 0.1) is 0 Å². The summed E-state index contributed by atoms with van der Waals surface area (Å²) in [6.07, 6.45) is 1.67. The molecule has 2 rings (SSSR count). The maximum absolute atomic E-state index is 12.0. The van der Waals surface area contributed by atoms with Crippen molar-refractivity contribution in [1.29, 1.82) is 0 Å². The van der Waals surface area contributed by atoms with Gasteiger partial charge in [0.1, 0.15) is 11.3 Å². The van der Waals surface area contributed by atoms with Gasteiger partial charge in [0.15, 0.2) is 0 Å². The summed E-state index contributed by atoms with van der Waals surface area (Å²) in [5, 5.41) is 0. The van der Waals surface area contributed by atoms with E-state index in [0.29, 0.717) is 23.6 Å². The van der Waals surface area contributed by atoms with E-state index in [1.54, 1.807) is 18.2 Å². The molecular formula is C17H19NO3. The van der Waals surface area contributed by atoms with E-state index in [-0.39, 0.29) is 5.97 Å². The number of esters is 1. The topological polar surface area (TPSA) is 61.5 Å². The Balaban J connectivity index is 1.85. The summed E-state index contributed by atoms with van der Waals surface area (Å²) in [6.45, 7) is 0.376. The zero-order chi connectivity index (χ0) is 15.1. The molecule has 2 N–H and O–H groups in total. The molecule has 0 amide bonds. The number of anilines is 1. The van der Waals surface area contributed by atoms with E-state index in [9.17, 15) is 4.79 Å². The molecule has 4 heteroatoms. The molecule has 0 spiro atoms. The highest BCUT2D eigenvalue weighted by Gasteiger charge is 2.13. The Morgan fingerprint density at radius 2 is 1.90 bits per heavy atom. The van der Waals surface area contributed by atoms with Gasteiger partial charge in [0.05, 0.1) is 13.7 Å². The minimum absolute atomic E-state index is 0.376. The molecule has 2 aromatic carbocycles. The zero-order valence-corrected chi connectivity index (χ0v) is 12.0. The minimum Gasteiger partial charge on any atom is -0.496 e. The zero-order valence-electron chi connectivity index (χ0n) is 12.0. The summed E-state index contributed by atoms with van der Waals surface area (Å²) in [6, 6.07) is 15.0. The molecule has 0 unspecified atom stereocenters. The highest BCUT2D eigenvalue weighted by Crippen LogP contribution is 2.22. The van der Waals surface area contributed by atoms with Crippen molar-refractivity contribution in [3.63, 3.8) is 0 Å². The van der Waals surface area contributed by atoms with Gasteiger partial charge < -0.3 is 15.2 Å². The van der Waals surface area contributed by atoms with Gasteiger partial charge in [0, 0.05) is 11.8 Å². The third-order valence-electron chi connectivity index (χ3n) is 3.13. The quantitative estimate of drug-likeness (QED) is 0.503. The number of carbonyl (C=O) groups excluding carboxylic acids is 1. The van der Waals surface area contributed by atoms with Crippen molar-refractivity contribution >= 4 is 11.7 Å². The van der Waals surface area contributed by atoms with Crippen molar-refractivity contribution in [3.05, 3.63) is 59.7 Å². The lowest BCUT2D eigenvalue weighted by molar-refractivity contribution is 0.0497. The van der Waals surface area contributed by atoms with Crippen LogP contribution in [0.25, 0.3) is 0 Å². The van der Waals surface area contributed by atoms with Crippen LogP contribution in [-0.4, -0.2) is 19.7 Å². The second-order valence-corrected chi connectivity index (χ2v) is 4.68. The van der Waals surface area contributed by atoms with E-state index in [2.05, 4.69) is 12.1 Å². The second-order valence-electron chi connectivity index (χ2n) is 4.68. The average Bonchev–Trinajstić information content (AvgIpc) is 2.52. The molecule has 21 heavy (non-hydrogen) atoms. The van der Waals surface area contributed by atoms with Gasteiger partial charge in [0.25, 0.3) is 0 Å². The average molecular weight is 285 g/mol. The Morgan fingerprint density at radius 1 is 1.14 bits per heavy atom. The van der Waals surface area contributed by atoms with Gasteiger partial charge in [-0.1, -0.05) is 30.3 Å². The van der Waals surface area contributed by atoms with Crippen molar-refractivity contribution in [2.45, 2.75) is 12.8 Å². The molecule has 0 aliphatic heterocycles. The summed E-state index contributed by atoms with van der Waals surface area (Å²) in [5.41, 5.74) is 7.84. The highest BCUT2D eigenvalue weighted by molar-refractivity contribution is 5.93. The predicted octanol–water partition coefficient (Wildman–Crippen LogP) is 3.07. The molecule has 2 aromatic rings. The standard InChI is InChI=1S/C17H19NO3/c1-20-16-12-14(18)9-10-15(16)17(19)21-11-5-8-13-6-3-2-4-7-13/h2-4,6-7,9-10,12H,5,8,11,18H2,1H3. The van der Waals surface area contributed by atoms with Gasteiger partial charge in [-0.05, 0) is 30.5 Å². The molecule has 0 radical (unpaired) electrons. The molecule has 0 aliphatic rings. The van der Waals surface area contributed by atoms with Gasteiger partial charge in [-0.25, -0.2) is 4.79 Å². The minimum atomic E-state index is -0.389. The maximum Gasteiger partial charge on any atom is 0.341 e. The largest absolute Gasteiger partial charge is 0.496 e. The lowest BCUT2D eigenvalue weighted by atomic mass is 10.1. The van der Waals surface area contributed by atoms with E-state index >= 15 is 0 Å². The third-order valence-corrected chi connectivity index (χ3v) is 3.13. The Bertz CT molecular complexity index is 596. The van der Waals surface area contributed by atoms with Crippen LogP contribution in [0.2, 0.25) is 0 Å². The smallest absolute Gasteiger partial charge is 0.341 e. The molecule has 0 saturated heterocycles. The van der Waals surface area contributed by atoms with Crippen LogP contribution in [0.4, 0.5) is 5.69 Å². The summed E-state index contributed by atoms with van der Waals surface area (Å²) < 4.78 is 10.4. The molecule has 0 saturated carbocycles. The van der Waals surface area contributed by atoms with Gasteiger partial charge in [-0.15, -0.1) is 0 Å². The van der Waals surface area contributed by atoms with E-state index < -0.39 is 0 Å². The van der Waals surface area contributed by atoms with Crippen molar-refractivity contribution < 1.29 is 14.3 Å². The molecule has 0 aromatic heterocycles. The fraction of sp³-hybridized carbons (Fsp3) is 0.235. The number of nitrogen functional groups attached to an aromatic ring is 1. The van der Waals surface area contributed by atoms with Crippen LogP contribution in [0.3, 0.4) is 0 Å². The van der Waals surface area contributed by atoms with Crippen LogP contribution in [0.5, 0.6) is 5.75 Å². The monoisotopic (exact) mass is 285 g/mol. The van der Waals surface area contributed by atoms with E-state index in [0.717, 1.165) is 12.8 Å². The number of benzene rings is 2. The van der Waals surface area contributed by atoms with Crippen LogP contribution in [0.1, 0.15) is 22.3 Å². The Hall–Kier alpha value is -2.49. The van der Waals surface area contributed by atoms with Crippen LogP contribution in [-0.2, 0) is 11.2 Å². The molecular weight excluding hydrogens is 266 g/mol. The molecule has 0 aliphatic carbocycles. The predicted molar refractivity (Wildman–Crippen MR) is 82.5 cm³/mol. The van der Waals surface area contributed by atoms with E-state index in [1.165, 1.54) is 12.7 Å². The number of rotatable bonds is 6. The molecule has 0 atom stereocenters. The number of ether oxygens (including phenoxy) is 2. The number of carbonyl (C=O) groups is 1. The van der Waals surface area contributed by atoms with Crippen molar-refractivity contribution in [1.82, 2.24) is 0 Å². The van der Waals surface area contributed by atoms with Gasteiger partial charge in [-0.3, -0.25) is 0 Å². The van der Waals surface area contributed by atoms with Gasteiger partial charge >= 0.3 is 5.97 Å². The number of aryl methyl sites for hydroxylation is 1. The summed E-state index contributed by atoms with van der Waals surface area (Å²) >= 11 is 0. The molecule has 4 nitrogen and oxygen atoms in total. The second kappa shape index (κ2) is 7.33. The normalized spacial score (nSPS) is 10.1.